The van der Waals surface area contributed by atoms with Crippen molar-refractivity contribution < 1.29 is 14.6 Å². The molecule has 0 fully saturated rings. The van der Waals surface area contributed by atoms with E-state index in [9.17, 15) is 4.79 Å². The Morgan fingerprint density at radius 3 is 2.92 bits per heavy atom. The first-order valence-corrected chi connectivity index (χ1v) is 4.06. The number of ether oxygens (including phenoxy) is 1. The van der Waals surface area contributed by atoms with E-state index in [0.717, 1.165) is 0 Å². The number of rotatable bonds is 3. The van der Waals surface area contributed by atoms with Crippen LogP contribution in [-0.2, 0) is 0 Å². The van der Waals surface area contributed by atoms with E-state index < -0.39 is 5.97 Å². The summed E-state index contributed by atoms with van der Waals surface area (Å²) in [5, 5.41) is 14.6. The number of H-pyrrole nitrogens is 1. The Labute approximate surface area is 76.9 Å². The summed E-state index contributed by atoms with van der Waals surface area (Å²) in [7, 11) is 0. The Bertz CT molecular complexity index is 297. The lowest BCUT2D eigenvalue weighted by Crippen LogP contribution is -1.97. The van der Waals surface area contributed by atoms with Crippen molar-refractivity contribution in [3.8, 4) is 5.88 Å². The van der Waals surface area contributed by atoms with Crippen LogP contribution < -0.4 is 4.74 Å². The van der Waals surface area contributed by atoms with Crippen molar-refractivity contribution in [1.82, 2.24) is 10.2 Å². The van der Waals surface area contributed by atoms with Gasteiger partial charge in [-0.05, 0) is 22.9 Å². The minimum Gasteiger partial charge on any atom is -0.476 e. The first-order valence-electron chi connectivity index (χ1n) is 3.26. The zero-order valence-corrected chi connectivity index (χ0v) is 7.88. The number of aromatic amines is 1. The summed E-state index contributed by atoms with van der Waals surface area (Å²) in [6, 6.07) is 0. The van der Waals surface area contributed by atoms with Crippen LogP contribution in [0, 0.1) is 0 Å². The van der Waals surface area contributed by atoms with Crippen LogP contribution in [-0.4, -0.2) is 27.9 Å². The van der Waals surface area contributed by atoms with Crippen LogP contribution in [0.5, 0.6) is 5.88 Å². The maximum absolute atomic E-state index is 10.5. The molecule has 0 aliphatic heterocycles. The lowest BCUT2D eigenvalue weighted by atomic mass is 10.4. The Morgan fingerprint density at radius 1 is 1.83 bits per heavy atom. The Kier molecular flexibility index (Phi) is 2.69. The second-order valence-electron chi connectivity index (χ2n) is 1.96. The average molecular weight is 235 g/mol. The molecule has 1 aromatic rings. The number of hydrogen-bond acceptors (Lipinski definition) is 3. The van der Waals surface area contributed by atoms with Crippen molar-refractivity contribution in [2.24, 2.45) is 0 Å². The summed E-state index contributed by atoms with van der Waals surface area (Å²) < 4.78 is 5.36. The van der Waals surface area contributed by atoms with Crippen LogP contribution in [0.2, 0.25) is 0 Å². The predicted octanol–water partition coefficient (Wildman–Crippen LogP) is 1.27. The van der Waals surface area contributed by atoms with E-state index in [1.807, 2.05) is 0 Å². The van der Waals surface area contributed by atoms with Gasteiger partial charge in [-0.25, -0.2) is 4.79 Å². The number of hydrogen-bond donors (Lipinski definition) is 2. The Balaban J connectivity index is 2.96. The first-order chi connectivity index (χ1) is 5.66. The first kappa shape index (κ1) is 9.05. The highest BCUT2D eigenvalue weighted by molar-refractivity contribution is 9.10. The van der Waals surface area contributed by atoms with Gasteiger partial charge in [-0.2, -0.15) is 0 Å². The molecule has 0 saturated heterocycles. The lowest BCUT2D eigenvalue weighted by molar-refractivity contribution is 0.0689. The van der Waals surface area contributed by atoms with Gasteiger partial charge in [0.2, 0.25) is 5.88 Å². The molecule has 0 aromatic carbocycles. The molecule has 66 valence electrons. The molecule has 0 radical (unpaired) electrons. The highest BCUT2D eigenvalue weighted by atomic mass is 79.9. The third-order valence-corrected chi connectivity index (χ3v) is 1.91. The summed E-state index contributed by atoms with van der Waals surface area (Å²) >= 11 is 3.05. The Morgan fingerprint density at radius 2 is 2.50 bits per heavy atom. The molecule has 6 heteroatoms. The summed E-state index contributed by atoms with van der Waals surface area (Å²) in [5.74, 6) is -0.796. The van der Waals surface area contributed by atoms with E-state index in [1.54, 1.807) is 6.92 Å². The molecule has 0 atom stereocenters. The molecule has 0 unspecified atom stereocenters. The van der Waals surface area contributed by atoms with Gasteiger partial charge in [-0.1, -0.05) is 0 Å². The fourth-order valence-corrected chi connectivity index (χ4v) is 1.15. The van der Waals surface area contributed by atoms with Crippen LogP contribution in [0.1, 0.15) is 17.4 Å². The molecule has 0 spiro atoms. The van der Waals surface area contributed by atoms with E-state index in [1.165, 1.54) is 0 Å². The van der Waals surface area contributed by atoms with Crippen LogP contribution >= 0.6 is 15.9 Å². The van der Waals surface area contributed by atoms with Crippen LogP contribution in [0.4, 0.5) is 0 Å². The summed E-state index contributed by atoms with van der Waals surface area (Å²) in [6.07, 6.45) is 0. The minimum atomic E-state index is -1.07. The molecule has 0 aliphatic carbocycles. The van der Waals surface area contributed by atoms with Crippen molar-refractivity contribution in [3.63, 3.8) is 0 Å². The van der Waals surface area contributed by atoms with Gasteiger partial charge in [0.1, 0.15) is 4.47 Å². The summed E-state index contributed by atoms with van der Waals surface area (Å²) in [6.45, 7) is 2.24. The fourth-order valence-electron chi connectivity index (χ4n) is 0.686. The normalized spacial score (nSPS) is 9.83. The number of nitrogens with zero attached hydrogens (tertiary/aromatic N) is 1. The number of aromatic carboxylic acids is 1. The molecule has 5 nitrogen and oxygen atoms in total. The number of carboxylic acids is 1. The van der Waals surface area contributed by atoms with Gasteiger partial charge in [-0.3, -0.25) is 5.10 Å². The topological polar surface area (TPSA) is 75.2 Å². The van der Waals surface area contributed by atoms with Crippen LogP contribution in [0.3, 0.4) is 0 Å². The van der Waals surface area contributed by atoms with Gasteiger partial charge in [0.25, 0.3) is 0 Å². The van der Waals surface area contributed by atoms with Gasteiger partial charge in [0.15, 0.2) is 5.69 Å². The zero-order chi connectivity index (χ0) is 9.14. The minimum absolute atomic E-state index is 0.00144. The highest BCUT2D eigenvalue weighted by Crippen LogP contribution is 2.25. The second kappa shape index (κ2) is 3.57. The maximum atomic E-state index is 10.5. The number of halogens is 1. The molecule has 0 aliphatic rings. The maximum Gasteiger partial charge on any atom is 0.355 e. The average Bonchev–Trinajstić information content (AvgIpc) is 2.34. The SMILES string of the molecule is CCOc1n[nH]c(C(=O)O)c1Br. The molecule has 12 heavy (non-hydrogen) atoms. The molecule has 1 aromatic heterocycles. The molecule has 0 saturated carbocycles. The standard InChI is InChI=1S/C6H7BrN2O3/c1-2-12-5-3(7)4(6(10)11)8-9-5/h2H2,1H3,(H,8,9)(H,10,11). The molecular formula is C6H7BrN2O3. The Hall–Kier alpha value is -1.04. The van der Waals surface area contributed by atoms with Gasteiger partial charge in [0, 0.05) is 0 Å². The predicted molar refractivity (Wildman–Crippen MR) is 44.4 cm³/mol. The van der Waals surface area contributed by atoms with Crippen LogP contribution in [0.15, 0.2) is 4.47 Å². The van der Waals surface area contributed by atoms with E-state index in [0.29, 0.717) is 11.1 Å². The number of nitrogens with one attached hydrogen (secondary N) is 1. The van der Waals surface area contributed by atoms with E-state index >= 15 is 0 Å². The van der Waals surface area contributed by atoms with Crippen molar-refractivity contribution in [2.75, 3.05) is 6.61 Å². The quantitative estimate of drug-likeness (QED) is 0.827. The molecular weight excluding hydrogens is 228 g/mol. The monoisotopic (exact) mass is 234 g/mol. The second-order valence-corrected chi connectivity index (χ2v) is 2.75. The lowest BCUT2D eigenvalue weighted by Gasteiger charge is -1.96. The molecule has 0 amide bonds. The van der Waals surface area contributed by atoms with E-state index in [-0.39, 0.29) is 11.6 Å². The third kappa shape index (κ3) is 1.58. The van der Waals surface area contributed by atoms with Crippen LogP contribution in [0.25, 0.3) is 0 Å². The summed E-state index contributed by atoms with van der Waals surface area (Å²) in [4.78, 5) is 10.5. The van der Waals surface area contributed by atoms with Crippen molar-refractivity contribution in [1.29, 1.82) is 0 Å². The summed E-state index contributed by atoms with van der Waals surface area (Å²) in [5.41, 5.74) is -0.00144. The van der Waals surface area contributed by atoms with Gasteiger partial charge in [-0.15, -0.1) is 5.10 Å². The number of carbonyl (C=O) groups is 1. The van der Waals surface area contributed by atoms with Gasteiger partial charge >= 0.3 is 5.97 Å². The largest absolute Gasteiger partial charge is 0.476 e. The van der Waals surface area contributed by atoms with Crippen molar-refractivity contribution in [3.05, 3.63) is 10.2 Å². The van der Waals surface area contributed by atoms with E-state index in [2.05, 4.69) is 26.1 Å². The van der Waals surface area contributed by atoms with Gasteiger partial charge in [0.05, 0.1) is 6.61 Å². The molecule has 2 N–H and O–H groups in total. The smallest absolute Gasteiger partial charge is 0.355 e. The highest BCUT2D eigenvalue weighted by Gasteiger charge is 2.16. The zero-order valence-electron chi connectivity index (χ0n) is 6.30. The number of aromatic nitrogens is 2. The number of carboxylic acid groups (broad SMARTS) is 1. The van der Waals surface area contributed by atoms with Gasteiger partial charge < -0.3 is 9.84 Å². The van der Waals surface area contributed by atoms with Crippen molar-refractivity contribution >= 4 is 21.9 Å². The third-order valence-electron chi connectivity index (χ3n) is 1.17. The molecule has 0 bridgehead atoms. The molecule has 1 heterocycles. The fraction of sp³-hybridized carbons (Fsp3) is 0.333. The van der Waals surface area contributed by atoms with E-state index in [4.69, 9.17) is 9.84 Å². The van der Waals surface area contributed by atoms with Crippen molar-refractivity contribution in [2.45, 2.75) is 6.92 Å². The molecule has 1 rings (SSSR count).